The second kappa shape index (κ2) is 6.04. The standard InChI is InChI=1S/C13H12N6O3/c20-12-3-2-11(18-8-1-5-15-18)17-19(12)9-7-14-13(21)10-4-6-16-22-10/h1-6,8H,7,9H2,(H,14,21). The van der Waals surface area contributed by atoms with Crippen LogP contribution >= 0.6 is 0 Å². The molecule has 0 bridgehead atoms. The topological polar surface area (TPSA) is 108 Å². The van der Waals surface area contributed by atoms with Crippen molar-refractivity contribution in [2.45, 2.75) is 6.54 Å². The molecule has 0 radical (unpaired) electrons. The van der Waals surface area contributed by atoms with Crippen LogP contribution < -0.4 is 10.9 Å². The Hall–Kier alpha value is -3.23. The van der Waals surface area contributed by atoms with Crippen molar-refractivity contribution >= 4 is 5.91 Å². The fourth-order valence-electron chi connectivity index (χ4n) is 1.82. The normalized spacial score (nSPS) is 10.5. The highest BCUT2D eigenvalue weighted by Crippen LogP contribution is 1.98. The Balaban J connectivity index is 1.66. The van der Waals surface area contributed by atoms with Gasteiger partial charge in [-0.1, -0.05) is 5.16 Å². The molecule has 0 aliphatic heterocycles. The summed E-state index contributed by atoms with van der Waals surface area (Å²) < 4.78 is 7.54. The van der Waals surface area contributed by atoms with Crippen LogP contribution in [-0.2, 0) is 6.54 Å². The van der Waals surface area contributed by atoms with Crippen molar-refractivity contribution in [2.24, 2.45) is 0 Å². The number of carbonyl (C=O) groups is 1. The molecule has 3 rings (SSSR count). The van der Waals surface area contributed by atoms with Crippen molar-refractivity contribution < 1.29 is 9.32 Å². The highest BCUT2D eigenvalue weighted by atomic mass is 16.5. The largest absolute Gasteiger partial charge is 0.351 e. The maximum atomic E-state index is 11.8. The summed E-state index contributed by atoms with van der Waals surface area (Å²) in [7, 11) is 0. The Labute approximate surface area is 124 Å². The van der Waals surface area contributed by atoms with E-state index in [1.807, 2.05) is 0 Å². The van der Waals surface area contributed by atoms with E-state index in [-0.39, 0.29) is 24.4 Å². The fraction of sp³-hybridized carbons (Fsp3) is 0.154. The zero-order valence-corrected chi connectivity index (χ0v) is 11.4. The van der Waals surface area contributed by atoms with Crippen LogP contribution in [0.5, 0.6) is 0 Å². The minimum Gasteiger partial charge on any atom is -0.351 e. The second-order valence-electron chi connectivity index (χ2n) is 4.34. The van der Waals surface area contributed by atoms with E-state index >= 15 is 0 Å². The molecule has 112 valence electrons. The predicted molar refractivity (Wildman–Crippen MR) is 74.5 cm³/mol. The average Bonchev–Trinajstić information content (AvgIpc) is 3.22. The molecule has 1 N–H and O–H groups in total. The summed E-state index contributed by atoms with van der Waals surface area (Å²) in [5, 5.41) is 14.3. The van der Waals surface area contributed by atoms with E-state index in [0.29, 0.717) is 5.82 Å². The Morgan fingerprint density at radius 2 is 2.18 bits per heavy atom. The maximum absolute atomic E-state index is 11.8. The van der Waals surface area contributed by atoms with E-state index in [1.165, 1.54) is 23.0 Å². The van der Waals surface area contributed by atoms with Gasteiger partial charge >= 0.3 is 0 Å². The second-order valence-corrected chi connectivity index (χ2v) is 4.34. The van der Waals surface area contributed by atoms with Crippen LogP contribution in [-0.4, -0.2) is 37.2 Å². The first kappa shape index (κ1) is 13.7. The summed E-state index contributed by atoms with van der Waals surface area (Å²) in [6, 6.07) is 6.20. The Morgan fingerprint density at radius 1 is 1.27 bits per heavy atom. The molecular formula is C13H12N6O3. The monoisotopic (exact) mass is 300 g/mol. The molecule has 0 fully saturated rings. The van der Waals surface area contributed by atoms with E-state index in [1.54, 1.807) is 29.2 Å². The molecule has 0 atom stereocenters. The Bertz CT molecular complexity index is 807. The van der Waals surface area contributed by atoms with Gasteiger partial charge in [0.25, 0.3) is 11.5 Å². The van der Waals surface area contributed by atoms with Gasteiger partial charge in [-0.2, -0.15) is 5.10 Å². The third-order valence-corrected chi connectivity index (χ3v) is 2.86. The summed E-state index contributed by atoms with van der Waals surface area (Å²) in [6.07, 6.45) is 4.73. The summed E-state index contributed by atoms with van der Waals surface area (Å²) in [5.41, 5.74) is -0.259. The maximum Gasteiger partial charge on any atom is 0.289 e. The van der Waals surface area contributed by atoms with Gasteiger partial charge < -0.3 is 9.84 Å². The van der Waals surface area contributed by atoms with E-state index in [2.05, 4.69) is 20.7 Å². The zero-order valence-electron chi connectivity index (χ0n) is 11.4. The van der Waals surface area contributed by atoms with Crippen molar-refractivity contribution in [1.82, 2.24) is 30.0 Å². The van der Waals surface area contributed by atoms with Crippen LogP contribution in [0.2, 0.25) is 0 Å². The van der Waals surface area contributed by atoms with Crippen LogP contribution in [0.15, 0.2) is 52.2 Å². The average molecular weight is 300 g/mol. The smallest absolute Gasteiger partial charge is 0.289 e. The highest BCUT2D eigenvalue weighted by molar-refractivity contribution is 5.91. The van der Waals surface area contributed by atoms with Gasteiger partial charge in [-0.3, -0.25) is 9.59 Å². The van der Waals surface area contributed by atoms with E-state index in [9.17, 15) is 9.59 Å². The molecule has 0 spiro atoms. The van der Waals surface area contributed by atoms with E-state index in [0.717, 1.165) is 0 Å². The lowest BCUT2D eigenvalue weighted by atomic mass is 10.4. The molecule has 3 aromatic heterocycles. The Kier molecular flexibility index (Phi) is 3.77. The SMILES string of the molecule is O=C(NCCn1nc(-n2cccn2)ccc1=O)c1ccno1. The molecule has 0 saturated heterocycles. The molecule has 0 saturated carbocycles. The van der Waals surface area contributed by atoms with Crippen molar-refractivity contribution in [3.63, 3.8) is 0 Å². The van der Waals surface area contributed by atoms with Crippen molar-refractivity contribution in [3.05, 3.63) is 59.0 Å². The molecular weight excluding hydrogens is 288 g/mol. The van der Waals surface area contributed by atoms with Crippen LogP contribution in [0, 0.1) is 0 Å². The summed E-state index contributed by atoms with van der Waals surface area (Å²) in [5.74, 6) is 0.241. The quantitative estimate of drug-likeness (QED) is 0.702. The van der Waals surface area contributed by atoms with Gasteiger partial charge in [-0.15, -0.1) is 5.10 Å². The number of aromatic nitrogens is 5. The minimum atomic E-state index is -0.395. The Morgan fingerprint density at radius 3 is 2.91 bits per heavy atom. The lowest BCUT2D eigenvalue weighted by molar-refractivity contribution is 0.0915. The molecule has 0 aromatic carbocycles. The number of amides is 1. The van der Waals surface area contributed by atoms with Gasteiger partial charge in [0.2, 0.25) is 5.76 Å². The molecule has 22 heavy (non-hydrogen) atoms. The molecule has 3 aromatic rings. The molecule has 3 heterocycles. The van der Waals surface area contributed by atoms with Crippen molar-refractivity contribution in [3.8, 4) is 5.82 Å². The number of nitrogens with zero attached hydrogens (tertiary/aromatic N) is 5. The zero-order chi connectivity index (χ0) is 15.4. The van der Waals surface area contributed by atoms with Crippen LogP contribution in [0.1, 0.15) is 10.6 Å². The number of hydrogen-bond donors (Lipinski definition) is 1. The lowest BCUT2D eigenvalue weighted by Gasteiger charge is -2.07. The van der Waals surface area contributed by atoms with Gasteiger partial charge in [0.15, 0.2) is 5.82 Å². The molecule has 9 heteroatoms. The molecule has 0 aliphatic rings. The number of hydrogen-bond acceptors (Lipinski definition) is 6. The summed E-state index contributed by atoms with van der Waals surface area (Å²) >= 11 is 0. The van der Waals surface area contributed by atoms with Gasteiger partial charge in [-0.05, 0) is 12.1 Å². The summed E-state index contributed by atoms with van der Waals surface area (Å²) in [4.78, 5) is 23.4. The molecule has 0 aliphatic carbocycles. The van der Waals surface area contributed by atoms with Gasteiger partial charge in [0.05, 0.1) is 12.7 Å². The third kappa shape index (κ3) is 2.92. The van der Waals surface area contributed by atoms with Gasteiger partial charge in [0, 0.05) is 31.1 Å². The minimum absolute atomic E-state index is 0.116. The first-order chi connectivity index (χ1) is 10.7. The van der Waals surface area contributed by atoms with Gasteiger partial charge in [0.1, 0.15) is 0 Å². The molecule has 0 unspecified atom stereocenters. The van der Waals surface area contributed by atoms with Crippen LogP contribution in [0.4, 0.5) is 0 Å². The summed E-state index contributed by atoms with van der Waals surface area (Å²) in [6.45, 7) is 0.461. The fourth-order valence-corrected chi connectivity index (χ4v) is 1.82. The van der Waals surface area contributed by atoms with Crippen molar-refractivity contribution in [2.75, 3.05) is 6.54 Å². The predicted octanol–water partition coefficient (Wildman–Crippen LogP) is -0.153. The molecule has 1 amide bonds. The van der Waals surface area contributed by atoms with Crippen molar-refractivity contribution in [1.29, 1.82) is 0 Å². The third-order valence-electron chi connectivity index (χ3n) is 2.86. The molecule has 9 nitrogen and oxygen atoms in total. The first-order valence-electron chi connectivity index (χ1n) is 6.51. The van der Waals surface area contributed by atoms with Crippen LogP contribution in [0.3, 0.4) is 0 Å². The first-order valence-corrected chi connectivity index (χ1v) is 6.51. The number of carbonyl (C=O) groups excluding carboxylic acids is 1. The van der Waals surface area contributed by atoms with E-state index < -0.39 is 5.91 Å². The van der Waals surface area contributed by atoms with Crippen LogP contribution in [0.25, 0.3) is 5.82 Å². The van der Waals surface area contributed by atoms with E-state index in [4.69, 9.17) is 4.52 Å². The highest BCUT2D eigenvalue weighted by Gasteiger charge is 2.09. The number of nitrogens with one attached hydrogen (secondary N) is 1. The van der Waals surface area contributed by atoms with Gasteiger partial charge in [-0.25, -0.2) is 9.36 Å². The number of rotatable bonds is 5. The lowest BCUT2D eigenvalue weighted by Crippen LogP contribution is -2.32.